The monoisotopic (exact) mass is 560 g/mol. The van der Waals surface area contributed by atoms with Gasteiger partial charge in [0.05, 0.1) is 12.2 Å². The Morgan fingerprint density at radius 3 is 2.20 bits per heavy atom. The summed E-state index contributed by atoms with van der Waals surface area (Å²) in [5, 5.41) is 27.8. The van der Waals surface area contributed by atoms with Crippen LogP contribution < -0.4 is 16.0 Å². The average Bonchev–Trinajstić information content (AvgIpc) is 2.96. The van der Waals surface area contributed by atoms with Crippen molar-refractivity contribution in [2.24, 2.45) is 0 Å². The van der Waals surface area contributed by atoms with E-state index in [2.05, 4.69) is 20.9 Å². The molecule has 1 fully saturated rings. The Morgan fingerprint density at radius 1 is 0.927 bits per heavy atom. The van der Waals surface area contributed by atoms with Gasteiger partial charge in [-0.2, -0.15) is 0 Å². The highest BCUT2D eigenvalue weighted by Gasteiger charge is 2.27. The molecule has 1 saturated heterocycles. The maximum Gasteiger partial charge on any atom is 0.338 e. The summed E-state index contributed by atoms with van der Waals surface area (Å²) in [7, 11) is 0. The molecule has 10 heteroatoms. The molecule has 0 bridgehead atoms. The van der Waals surface area contributed by atoms with Crippen LogP contribution in [0.1, 0.15) is 41.3 Å². The van der Waals surface area contributed by atoms with Crippen LogP contribution in [0.3, 0.4) is 0 Å². The number of likely N-dealkylation sites (tertiary alicyclic amines) is 1. The van der Waals surface area contributed by atoms with Gasteiger partial charge in [0.2, 0.25) is 5.91 Å². The van der Waals surface area contributed by atoms with Gasteiger partial charge >= 0.3 is 12.0 Å². The minimum Gasteiger partial charge on any atom is -0.508 e. The van der Waals surface area contributed by atoms with Crippen molar-refractivity contribution in [2.75, 3.05) is 25.0 Å². The zero-order valence-electron chi connectivity index (χ0n) is 23.0. The summed E-state index contributed by atoms with van der Waals surface area (Å²) >= 11 is 0. The first kappa shape index (κ1) is 29.4. The van der Waals surface area contributed by atoms with Crippen molar-refractivity contribution >= 4 is 23.6 Å². The van der Waals surface area contributed by atoms with E-state index in [1.165, 1.54) is 12.1 Å². The van der Waals surface area contributed by atoms with Gasteiger partial charge in [0.25, 0.3) is 0 Å². The maximum atomic E-state index is 13.5. The summed E-state index contributed by atoms with van der Waals surface area (Å²) in [6.07, 6.45) is 1.97. The van der Waals surface area contributed by atoms with Crippen molar-refractivity contribution in [3.05, 3.63) is 89.5 Å². The number of nitrogens with zero attached hydrogens (tertiary/aromatic N) is 1. The van der Waals surface area contributed by atoms with Gasteiger partial charge < -0.3 is 30.9 Å². The molecule has 1 unspecified atom stereocenters. The minimum absolute atomic E-state index is 0.0871. The quantitative estimate of drug-likeness (QED) is 0.238. The summed E-state index contributed by atoms with van der Waals surface area (Å²) < 4.78 is 4.98. The molecule has 0 radical (unpaired) electrons. The number of esters is 1. The number of ether oxygens (including phenoxy) is 1. The second kappa shape index (κ2) is 14.2. The number of rotatable bonds is 10. The van der Waals surface area contributed by atoms with E-state index in [4.69, 9.17) is 4.74 Å². The Labute approximate surface area is 239 Å². The van der Waals surface area contributed by atoms with E-state index in [0.29, 0.717) is 24.3 Å². The predicted octanol–water partition coefficient (Wildman–Crippen LogP) is 3.79. The van der Waals surface area contributed by atoms with Gasteiger partial charge in [-0.05, 0) is 86.0 Å². The molecule has 3 aromatic carbocycles. The molecule has 216 valence electrons. The summed E-state index contributed by atoms with van der Waals surface area (Å²) in [4.78, 5) is 40.5. The first-order valence-electron chi connectivity index (χ1n) is 13.7. The van der Waals surface area contributed by atoms with Crippen molar-refractivity contribution in [3.63, 3.8) is 0 Å². The fraction of sp³-hybridized carbons (Fsp3) is 0.323. The molecule has 10 nitrogen and oxygen atoms in total. The van der Waals surface area contributed by atoms with Crippen LogP contribution in [-0.4, -0.2) is 64.8 Å². The number of carbonyl (C=O) groups is 3. The SMILES string of the molecule is CCOC(=O)c1ccc(NC(=O)N[C@@H](Cc2ccc(O)cc2)C(=O)NC2CCCN(Cc3ccc(O)cc3)C2)cc1. The first-order chi connectivity index (χ1) is 19.8. The highest BCUT2D eigenvalue weighted by atomic mass is 16.5. The molecule has 0 spiro atoms. The summed E-state index contributed by atoms with van der Waals surface area (Å²) in [6, 6.07) is 18.4. The van der Waals surface area contributed by atoms with Crippen molar-refractivity contribution in [1.29, 1.82) is 0 Å². The fourth-order valence-electron chi connectivity index (χ4n) is 4.78. The number of carbonyl (C=O) groups excluding carboxylic acids is 3. The number of amides is 3. The maximum absolute atomic E-state index is 13.5. The third-order valence-electron chi connectivity index (χ3n) is 6.85. The lowest BCUT2D eigenvalue weighted by Gasteiger charge is -2.34. The van der Waals surface area contributed by atoms with E-state index < -0.39 is 18.0 Å². The van der Waals surface area contributed by atoms with Gasteiger partial charge in [0, 0.05) is 31.2 Å². The molecule has 2 atom stereocenters. The molecule has 1 aliphatic rings. The number of nitrogens with one attached hydrogen (secondary N) is 3. The van der Waals surface area contributed by atoms with Crippen LogP contribution in [0, 0.1) is 0 Å². The molecule has 41 heavy (non-hydrogen) atoms. The van der Waals surface area contributed by atoms with Crippen LogP contribution in [-0.2, 0) is 22.5 Å². The average molecular weight is 561 g/mol. The zero-order chi connectivity index (χ0) is 29.2. The van der Waals surface area contributed by atoms with E-state index in [1.807, 2.05) is 12.1 Å². The summed E-state index contributed by atoms with van der Waals surface area (Å²) in [6.45, 7) is 4.27. The van der Waals surface area contributed by atoms with Gasteiger partial charge in [-0.15, -0.1) is 0 Å². The molecule has 1 aliphatic heterocycles. The van der Waals surface area contributed by atoms with Gasteiger partial charge in [-0.3, -0.25) is 9.69 Å². The second-order valence-electron chi connectivity index (χ2n) is 10.1. The number of hydrogen-bond acceptors (Lipinski definition) is 7. The summed E-state index contributed by atoms with van der Waals surface area (Å²) in [5.41, 5.74) is 2.68. The molecule has 5 N–H and O–H groups in total. The van der Waals surface area contributed by atoms with Crippen LogP contribution in [0.4, 0.5) is 10.5 Å². The van der Waals surface area contributed by atoms with Gasteiger partial charge in [-0.1, -0.05) is 24.3 Å². The lowest BCUT2D eigenvalue weighted by molar-refractivity contribution is -0.124. The molecule has 0 aliphatic carbocycles. The lowest BCUT2D eigenvalue weighted by Crippen LogP contribution is -2.54. The highest BCUT2D eigenvalue weighted by molar-refractivity contribution is 5.95. The Morgan fingerprint density at radius 2 is 1.56 bits per heavy atom. The number of hydrogen-bond donors (Lipinski definition) is 5. The Balaban J connectivity index is 1.39. The number of piperidine rings is 1. The summed E-state index contributed by atoms with van der Waals surface area (Å²) in [5.74, 6) is -0.411. The van der Waals surface area contributed by atoms with Crippen molar-refractivity contribution in [2.45, 2.75) is 44.8 Å². The number of anilines is 1. The fourth-order valence-corrected chi connectivity index (χ4v) is 4.78. The van der Waals surface area contributed by atoms with E-state index in [9.17, 15) is 24.6 Å². The first-order valence-corrected chi connectivity index (χ1v) is 13.7. The van der Waals surface area contributed by atoms with Crippen LogP contribution >= 0.6 is 0 Å². The largest absolute Gasteiger partial charge is 0.508 e. The van der Waals surface area contributed by atoms with E-state index in [0.717, 1.165) is 30.5 Å². The zero-order valence-corrected chi connectivity index (χ0v) is 23.0. The van der Waals surface area contributed by atoms with Crippen molar-refractivity contribution in [3.8, 4) is 11.5 Å². The van der Waals surface area contributed by atoms with E-state index >= 15 is 0 Å². The van der Waals surface area contributed by atoms with Crippen LogP contribution in [0.5, 0.6) is 11.5 Å². The van der Waals surface area contributed by atoms with Crippen LogP contribution in [0.2, 0.25) is 0 Å². The lowest BCUT2D eigenvalue weighted by atomic mass is 10.0. The van der Waals surface area contributed by atoms with Gasteiger partial charge in [-0.25, -0.2) is 9.59 Å². The number of urea groups is 1. The minimum atomic E-state index is -0.870. The van der Waals surface area contributed by atoms with E-state index in [1.54, 1.807) is 55.5 Å². The Hall–Kier alpha value is -4.57. The number of benzene rings is 3. The number of aromatic hydroxyl groups is 2. The molecule has 3 amide bonds. The smallest absolute Gasteiger partial charge is 0.338 e. The second-order valence-corrected chi connectivity index (χ2v) is 10.1. The normalized spacial score (nSPS) is 15.9. The molecular weight excluding hydrogens is 524 g/mol. The third kappa shape index (κ3) is 8.97. The molecule has 4 rings (SSSR count). The number of phenolic OH excluding ortho intramolecular Hbond substituents is 2. The third-order valence-corrected chi connectivity index (χ3v) is 6.85. The van der Waals surface area contributed by atoms with Crippen molar-refractivity contribution < 1.29 is 29.3 Å². The molecular formula is C31H36N4O6. The standard InChI is InChI=1S/C31H36N4O6/c1-2-41-30(39)23-9-11-24(12-10-23)33-31(40)34-28(18-21-5-13-26(36)14-6-21)29(38)32-25-4-3-17-35(20-25)19-22-7-15-27(37)16-8-22/h5-16,25,28,36-37H,2-4,17-20H2,1H3,(H,32,38)(H2,33,34,40)/t25?,28-/m0/s1. The molecule has 1 heterocycles. The molecule has 0 aromatic heterocycles. The van der Waals surface area contributed by atoms with Crippen molar-refractivity contribution in [1.82, 2.24) is 15.5 Å². The van der Waals surface area contributed by atoms with Gasteiger partial charge in [0.15, 0.2) is 0 Å². The molecule has 3 aromatic rings. The van der Waals surface area contributed by atoms with Crippen LogP contribution in [0.25, 0.3) is 0 Å². The van der Waals surface area contributed by atoms with Gasteiger partial charge in [0.1, 0.15) is 17.5 Å². The highest BCUT2D eigenvalue weighted by Crippen LogP contribution is 2.17. The van der Waals surface area contributed by atoms with Crippen LogP contribution in [0.15, 0.2) is 72.8 Å². The van der Waals surface area contributed by atoms with E-state index in [-0.39, 0.29) is 36.5 Å². The number of phenols is 2. The topological polar surface area (TPSA) is 140 Å². The Kier molecular flexibility index (Phi) is 10.2. The predicted molar refractivity (Wildman–Crippen MR) is 155 cm³/mol. The Bertz CT molecular complexity index is 1310. The molecule has 0 saturated carbocycles.